The lowest BCUT2D eigenvalue weighted by molar-refractivity contribution is -0.940. The highest BCUT2D eigenvalue weighted by atomic mass is 16.5. The number of nitrogens with one attached hydrogen (secondary N) is 1. The molecule has 0 radical (unpaired) electrons. The van der Waals surface area contributed by atoms with Gasteiger partial charge in [0.25, 0.3) is 0 Å². The predicted molar refractivity (Wildman–Crippen MR) is 75.6 cm³/mol. The quantitative estimate of drug-likeness (QED) is 0.840. The maximum absolute atomic E-state index is 12.0. The maximum atomic E-state index is 12.0. The van der Waals surface area contributed by atoms with Gasteiger partial charge in [-0.05, 0) is 44.2 Å². The molecule has 0 aromatic carbocycles. The number of esters is 1. The Morgan fingerprint density at radius 3 is 2.85 bits per heavy atom. The topological polar surface area (TPSA) is 43.6 Å². The van der Waals surface area contributed by atoms with Gasteiger partial charge >= 0.3 is 5.97 Å². The molecule has 4 nitrogen and oxygen atoms in total. The number of piperidine rings is 2. The Kier molecular flexibility index (Phi) is 4.31. The van der Waals surface area contributed by atoms with Crippen LogP contribution >= 0.6 is 0 Å². The molecule has 0 aliphatic carbocycles. The fourth-order valence-corrected chi connectivity index (χ4v) is 3.73. The van der Waals surface area contributed by atoms with Crippen LogP contribution in [0.1, 0.15) is 42.5 Å². The van der Waals surface area contributed by atoms with Crippen molar-refractivity contribution < 1.29 is 14.4 Å². The highest BCUT2D eigenvalue weighted by Crippen LogP contribution is 2.21. The summed E-state index contributed by atoms with van der Waals surface area (Å²) in [5, 5.41) is 0. The first kappa shape index (κ1) is 13.6. The SMILES string of the molecule is O=C(OC[C@H]1CCC[NH+]2CCCC[C@H]12)c1ccncc1. The Morgan fingerprint density at radius 2 is 2.00 bits per heavy atom. The Labute approximate surface area is 120 Å². The summed E-state index contributed by atoms with van der Waals surface area (Å²) in [4.78, 5) is 17.7. The van der Waals surface area contributed by atoms with Gasteiger partial charge in [0.2, 0.25) is 0 Å². The first-order chi connectivity index (χ1) is 9.84. The van der Waals surface area contributed by atoms with Crippen molar-refractivity contribution in [2.75, 3.05) is 19.7 Å². The molecule has 2 aliphatic rings. The number of hydrogen-bond acceptors (Lipinski definition) is 3. The van der Waals surface area contributed by atoms with E-state index < -0.39 is 0 Å². The van der Waals surface area contributed by atoms with Crippen molar-refractivity contribution in [2.45, 2.75) is 38.1 Å². The van der Waals surface area contributed by atoms with Crippen LogP contribution in [-0.4, -0.2) is 36.7 Å². The van der Waals surface area contributed by atoms with Gasteiger partial charge in [-0.1, -0.05) is 0 Å². The lowest BCUT2D eigenvalue weighted by Crippen LogP contribution is -3.18. The van der Waals surface area contributed by atoms with E-state index in [0.717, 1.165) is 0 Å². The number of carbonyl (C=O) groups excluding carboxylic acids is 1. The summed E-state index contributed by atoms with van der Waals surface area (Å²) in [5.41, 5.74) is 0.601. The molecule has 2 saturated heterocycles. The minimum absolute atomic E-state index is 0.213. The molecule has 108 valence electrons. The van der Waals surface area contributed by atoms with Crippen molar-refractivity contribution >= 4 is 5.97 Å². The Morgan fingerprint density at radius 1 is 1.20 bits per heavy atom. The van der Waals surface area contributed by atoms with Gasteiger partial charge in [-0.15, -0.1) is 0 Å². The summed E-state index contributed by atoms with van der Waals surface area (Å²) in [5.74, 6) is 0.333. The smallest absolute Gasteiger partial charge is 0.338 e. The van der Waals surface area contributed by atoms with Gasteiger partial charge in [0, 0.05) is 18.3 Å². The van der Waals surface area contributed by atoms with E-state index in [2.05, 4.69) is 4.98 Å². The summed E-state index contributed by atoms with van der Waals surface area (Å²) in [6.07, 6.45) is 9.72. The largest absolute Gasteiger partial charge is 0.462 e. The molecular formula is C16H23N2O2+. The van der Waals surface area contributed by atoms with E-state index in [1.165, 1.54) is 45.2 Å². The molecule has 1 N–H and O–H groups in total. The van der Waals surface area contributed by atoms with Crippen LogP contribution in [0.5, 0.6) is 0 Å². The third kappa shape index (κ3) is 3.01. The van der Waals surface area contributed by atoms with E-state index in [-0.39, 0.29) is 5.97 Å². The fraction of sp³-hybridized carbons (Fsp3) is 0.625. The van der Waals surface area contributed by atoms with E-state index in [4.69, 9.17) is 4.74 Å². The van der Waals surface area contributed by atoms with Crippen LogP contribution in [0.3, 0.4) is 0 Å². The number of carbonyl (C=O) groups is 1. The number of aromatic nitrogens is 1. The van der Waals surface area contributed by atoms with Crippen LogP contribution in [0.2, 0.25) is 0 Å². The normalized spacial score (nSPS) is 29.5. The van der Waals surface area contributed by atoms with E-state index in [1.54, 1.807) is 29.4 Å². The zero-order chi connectivity index (χ0) is 13.8. The van der Waals surface area contributed by atoms with E-state index in [1.807, 2.05) is 0 Å². The Hall–Kier alpha value is -1.42. The minimum atomic E-state index is -0.213. The summed E-state index contributed by atoms with van der Waals surface area (Å²) in [6, 6.07) is 4.13. The number of nitrogens with zero attached hydrogens (tertiary/aromatic N) is 1. The lowest BCUT2D eigenvalue weighted by Gasteiger charge is -2.40. The molecule has 3 heterocycles. The fourth-order valence-electron chi connectivity index (χ4n) is 3.73. The van der Waals surface area contributed by atoms with Crippen molar-refractivity contribution in [3.05, 3.63) is 30.1 Å². The molecule has 0 saturated carbocycles. The molecule has 4 heteroatoms. The van der Waals surface area contributed by atoms with Crippen LogP contribution in [0.25, 0.3) is 0 Å². The van der Waals surface area contributed by atoms with Gasteiger partial charge < -0.3 is 9.64 Å². The van der Waals surface area contributed by atoms with Gasteiger partial charge in [0.1, 0.15) is 6.61 Å². The third-order valence-electron chi connectivity index (χ3n) is 4.77. The molecule has 2 aliphatic heterocycles. The van der Waals surface area contributed by atoms with E-state index in [0.29, 0.717) is 24.1 Å². The number of ether oxygens (including phenoxy) is 1. The van der Waals surface area contributed by atoms with Crippen LogP contribution in [-0.2, 0) is 4.74 Å². The van der Waals surface area contributed by atoms with Gasteiger partial charge in [0.15, 0.2) is 0 Å². The lowest BCUT2D eigenvalue weighted by atomic mass is 9.84. The second-order valence-corrected chi connectivity index (χ2v) is 6.00. The number of rotatable bonds is 3. The molecule has 3 rings (SSSR count). The molecule has 0 spiro atoms. The molecular weight excluding hydrogens is 252 g/mol. The van der Waals surface area contributed by atoms with Gasteiger partial charge in [-0.3, -0.25) is 4.98 Å². The first-order valence-corrected chi connectivity index (χ1v) is 7.76. The molecule has 1 aromatic heterocycles. The van der Waals surface area contributed by atoms with Crippen molar-refractivity contribution in [1.29, 1.82) is 0 Å². The zero-order valence-corrected chi connectivity index (χ0v) is 11.9. The molecule has 20 heavy (non-hydrogen) atoms. The highest BCUT2D eigenvalue weighted by Gasteiger charge is 2.37. The molecule has 1 aromatic rings. The van der Waals surface area contributed by atoms with Crippen LogP contribution in [0.4, 0.5) is 0 Å². The van der Waals surface area contributed by atoms with Crippen molar-refractivity contribution in [3.63, 3.8) is 0 Å². The van der Waals surface area contributed by atoms with Crippen LogP contribution in [0, 0.1) is 5.92 Å². The third-order valence-corrected chi connectivity index (χ3v) is 4.77. The number of hydrogen-bond donors (Lipinski definition) is 1. The molecule has 0 bridgehead atoms. The van der Waals surface area contributed by atoms with Crippen LogP contribution < -0.4 is 4.90 Å². The summed E-state index contributed by atoms with van der Waals surface area (Å²) in [6.45, 7) is 3.19. The average molecular weight is 275 g/mol. The standard InChI is InChI=1S/C16H22N2O2/c19-16(13-6-8-17-9-7-13)20-12-14-4-3-11-18-10-2-1-5-15(14)18/h6-9,14-15H,1-5,10-12H2/p+1/t14-,15-/m1/s1. The molecule has 3 atom stereocenters. The minimum Gasteiger partial charge on any atom is -0.462 e. The Bertz CT molecular complexity index is 447. The van der Waals surface area contributed by atoms with Crippen LogP contribution in [0.15, 0.2) is 24.5 Å². The van der Waals surface area contributed by atoms with Crippen molar-refractivity contribution in [2.24, 2.45) is 5.92 Å². The summed E-state index contributed by atoms with van der Waals surface area (Å²) < 4.78 is 5.54. The average Bonchev–Trinajstić information content (AvgIpc) is 2.53. The maximum Gasteiger partial charge on any atom is 0.338 e. The second-order valence-electron chi connectivity index (χ2n) is 6.00. The van der Waals surface area contributed by atoms with E-state index in [9.17, 15) is 4.79 Å². The van der Waals surface area contributed by atoms with Crippen molar-refractivity contribution in [3.8, 4) is 0 Å². The first-order valence-electron chi connectivity index (χ1n) is 7.76. The van der Waals surface area contributed by atoms with Gasteiger partial charge in [-0.2, -0.15) is 0 Å². The summed E-state index contributed by atoms with van der Waals surface area (Å²) in [7, 11) is 0. The summed E-state index contributed by atoms with van der Waals surface area (Å²) >= 11 is 0. The second kappa shape index (κ2) is 6.35. The monoisotopic (exact) mass is 275 g/mol. The predicted octanol–water partition coefficient (Wildman–Crippen LogP) is 1.09. The number of quaternary nitrogens is 1. The number of fused-ring (bicyclic) bond motifs is 1. The molecule has 1 unspecified atom stereocenters. The van der Waals surface area contributed by atoms with Crippen molar-refractivity contribution in [1.82, 2.24) is 4.98 Å². The van der Waals surface area contributed by atoms with Gasteiger partial charge in [-0.25, -0.2) is 4.79 Å². The van der Waals surface area contributed by atoms with Gasteiger partial charge in [0.05, 0.1) is 24.7 Å². The Balaban J connectivity index is 1.56. The zero-order valence-electron chi connectivity index (χ0n) is 11.9. The molecule has 0 amide bonds. The van der Waals surface area contributed by atoms with E-state index >= 15 is 0 Å². The highest BCUT2D eigenvalue weighted by molar-refractivity contribution is 5.89. The number of pyridine rings is 1. The molecule has 2 fully saturated rings.